The first-order chi connectivity index (χ1) is 8.69. The number of aromatic nitrogens is 1. The van der Waals surface area contributed by atoms with E-state index in [0.29, 0.717) is 12.0 Å². The Morgan fingerprint density at radius 3 is 2.56 bits per heavy atom. The lowest BCUT2D eigenvalue weighted by Crippen LogP contribution is -2.04. The molecule has 0 radical (unpaired) electrons. The van der Waals surface area contributed by atoms with E-state index < -0.39 is 6.10 Å². The number of pyridine rings is 1. The summed E-state index contributed by atoms with van der Waals surface area (Å²) in [6.07, 6.45) is 0.667. The van der Waals surface area contributed by atoms with Crippen LogP contribution in [-0.4, -0.2) is 16.4 Å². The standard InChI is InChI=1S/C15H15NO2/c1-11-3-2-4-14(16-11)9-15(18)13-7-5-12(10-17)6-8-13/h2-8,10,15,18H,9H2,1H3. The SMILES string of the molecule is Cc1cccc(CC(O)c2ccc(C=O)cc2)n1. The Kier molecular flexibility index (Phi) is 3.85. The van der Waals surface area contributed by atoms with Crippen LogP contribution < -0.4 is 0 Å². The molecule has 1 aromatic carbocycles. The number of carbonyl (C=O) groups is 1. The Morgan fingerprint density at radius 2 is 1.94 bits per heavy atom. The zero-order chi connectivity index (χ0) is 13.0. The van der Waals surface area contributed by atoms with Gasteiger partial charge in [0.15, 0.2) is 0 Å². The predicted molar refractivity (Wildman–Crippen MR) is 69.5 cm³/mol. The number of aliphatic hydroxyl groups is 1. The average molecular weight is 241 g/mol. The van der Waals surface area contributed by atoms with E-state index in [-0.39, 0.29) is 0 Å². The van der Waals surface area contributed by atoms with Crippen LogP contribution in [0.2, 0.25) is 0 Å². The molecule has 0 spiro atoms. The molecule has 92 valence electrons. The monoisotopic (exact) mass is 241 g/mol. The predicted octanol–water partition coefficient (Wildman–Crippen LogP) is 2.48. The van der Waals surface area contributed by atoms with Crippen molar-refractivity contribution in [3.8, 4) is 0 Å². The van der Waals surface area contributed by atoms with Gasteiger partial charge in [0.25, 0.3) is 0 Å². The summed E-state index contributed by atoms with van der Waals surface area (Å²) >= 11 is 0. The van der Waals surface area contributed by atoms with Crippen LogP contribution in [0.5, 0.6) is 0 Å². The van der Waals surface area contributed by atoms with Crippen molar-refractivity contribution in [2.45, 2.75) is 19.4 Å². The van der Waals surface area contributed by atoms with Gasteiger partial charge in [-0.25, -0.2) is 0 Å². The van der Waals surface area contributed by atoms with Crippen molar-refractivity contribution in [1.82, 2.24) is 4.98 Å². The molecular formula is C15H15NO2. The Bertz CT molecular complexity index is 534. The zero-order valence-corrected chi connectivity index (χ0v) is 10.2. The summed E-state index contributed by atoms with van der Waals surface area (Å²) in [5.41, 5.74) is 3.21. The van der Waals surface area contributed by atoms with Gasteiger partial charge in [0, 0.05) is 23.4 Å². The first-order valence-electron chi connectivity index (χ1n) is 5.85. The highest BCUT2D eigenvalue weighted by molar-refractivity contribution is 5.74. The first kappa shape index (κ1) is 12.5. The van der Waals surface area contributed by atoms with Crippen LogP contribution in [0.1, 0.15) is 33.4 Å². The minimum Gasteiger partial charge on any atom is -0.388 e. The second kappa shape index (κ2) is 5.56. The van der Waals surface area contributed by atoms with E-state index in [1.165, 1.54) is 0 Å². The molecule has 3 nitrogen and oxygen atoms in total. The summed E-state index contributed by atoms with van der Waals surface area (Å²) in [7, 11) is 0. The van der Waals surface area contributed by atoms with Gasteiger partial charge >= 0.3 is 0 Å². The fraction of sp³-hybridized carbons (Fsp3) is 0.200. The number of hydrogen-bond donors (Lipinski definition) is 1. The third-order valence-corrected chi connectivity index (χ3v) is 2.81. The van der Waals surface area contributed by atoms with E-state index >= 15 is 0 Å². The molecule has 0 saturated carbocycles. The Labute approximate surface area is 106 Å². The van der Waals surface area contributed by atoms with Crippen LogP contribution >= 0.6 is 0 Å². The molecule has 0 aliphatic carbocycles. The number of aliphatic hydroxyl groups excluding tert-OH is 1. The molecule has 3 heteroatoms. The number of aryl methyl sites for hydroxylation is 1. The van der Waals surface area contributed by atoms with Crippen LogP contribution in [0.3, 0.4) is 0 Å². The van der Waals surface area contributed by atoms with Gasteiger partial charge in [0.2, 0.25) is 0 Å². The molecule has 1 N–H and O–H groups in total. The quantitative estimate of drug-likeness (QED) is 0.837. The molecule has 0 aliphatic rings. The van der Waals surface area contributed by atoms with Crippen LogP contribution in [-0.2, 0) is 6.42 Å². The van der Waals surface area contributed by atoms with Crippen LogP contribution in [0.15, 0.2) is 42.5 Å². The van der Waals surface area contributed by atoms with Gasteiger partial charge in [0.05, 0.1) is 6.10 Å². The van der Waals surface area contributed by atoms with E-state index in [1.807, 2.05) is 25.1 Å². The van der Waals surface area contributed by atoms with E-state index in [0.717, 1.165) is 23.2 Å². The maximum Gasteiger partial charge on any atom is 0.150 e. The van der Waals surface area contributed by atoms with Crippen LogP contribution in [0.4, 0.5) is 0 Å². The third kappa shape index (κ3) is 3.02. The Hall–Kier alpha value is -2.00. The molecule has 1 atom stereocenters. The molecule has 0 bridgehead atoms. The summed E-state index contributed by atoms with van der Waals surface area (Å²) in [5.74, 6) is 0. The van der Waals surface area contributed by atoms with Gasteiger partial charge in [-0.05, 0) is 24.6 Å². The van der Waals surface area contributed by atoms with Gasteiger partial charge in [-0.15, -0.1) is 0 Å². The van der Waals surface area contributed by atoms with Crippen LogP contribution in [0, 0.1) is 6.92 Å². The molecule has 0 amide bonds. The van der Waals surface area contributed by atoms with E-state index in [4.69, 9.17) is 0 Å². The van der Waals surface area contributed by atoms with Gasteiger partial charge in [-0.3, -0.25) is 9.78 Å². The number of benzene rings is 1. The maximum atomic E-state index is 10.5. The number of hydrogen-bond acceptors (Lipinski definition) is 3. The average Bonchev–Trinajstić information content (AvgIpc) is 2.39. The van der Waals surface area contributed by atoms with Crippen molar-refractivity contribution in [3.05, 3.63) is 65.0 Å². The highest BCUT2D eigenvalue weighted by Gasteiger charge is 2.09. The maximum absolute atomic E-state index is 10.5. The number of carbonyl (C=O) groups excluding carboxylic acids is 1. The Balaban J connectivity index is 2.11. The highest BCUT2D eigenvalue weighted by atomic mass is 16.3. The largest absolute Gasteiger partial charge is 0.388 e. The first-order valence-corrected chi connectivity index (χ1v) is 5.85. The minimum atomic E-state index is -0.597. The lowest BCUT2D eigenvalue weighted by atomic mass is 10.0. The van der Waals surface area contributed by atoms with Crippen molar-refractivity contribution >= 4 is 6.29 Å². The molecule has 18 heavy (non-hydrogen) atoms. The van der Waals surface area contributed by atoms with Gasteiger partial charge in [-0.1, -0.05) is 30.3 Å². The number of rotatable bonds is 4. The molecule has 0 fully saturated rings. The third-order valence-electron chi connectivity index (χ3n) is 2.81. The fourth-order valence-electron chi connectivity index (χ4n) is 1.83. The van der Waals surface area contributed by atoms with Crippen molar-refractivity contribution in [1.29, 1.82) is 0 Å². The topological polar surface area (TPSA) is 50.2 Å². The van der Waals surface area contributed by atoms with E-state index in [2.05, 4.69) is 4.98 Å². The normalized spacial score (nSPS) is 12.1. The second-order valence-corrected chi connectivity index (χ2v) is 4.27. The summed E-state index contributed by atoms with van der Waals surface area (Å²) < 4.78 is 0. The summed E-state index contributed by atoms with van der Waals surface area (Å²) in [6, 6.07) is 12.7. The molecule has 1 unspecified atom stereocenters. The second-order valence-electron chi connectivity index (χ2n) is 4.27. The van der Waals surface area contributed by atoms with E-state index in [1.54, 1.807) is 24.3 Å². The van der Waals surface area contributed by atoms with Gasteiger partial charge in [-0.2, -0.15) is 0 Å². The lowest BCUT2D eigenvalue weighted by Gasteiger charge is -2.11. The molecular weight excluding hydrogens is 226 g/mol. The van der Waals surface area contributed by atoms with Crippen molar-refractivity contribution < 1.29 is 9.90 Å². The highest BCUT2D eigenvalue weighted by Crippen LogP contribution is 2.17. The molecule has 1 aromatic heterocycles. The molecule has 2 rings (SSSR count). The van der Waals surface area contributed by atoms with Crippen molar-refractivity contribution in [2.24, 2.45) is 0 Å². The number of aldehydes is 1. The van der Waals surface area contributed by atoms with Gasteiger partial charge in [0.1, 0.15) is 6.29 Å². The molecule has 1 heterocycles. The van der Waals surface area contributed by atoms with Crippen molar-refractivity contribution in [2.75, 3.05) is 0 Å². The summed E-state index contributed by atoms with van der Waals surface area (Å²) in [5, 5.41) is 10.1. The Morgan fingerprint density at radius 1 is 1.22 bits per heavy atom. The summed E-state index contributed by atoms with van der Waals surface area (Å²) in [6.45, 7) is 1.93. The molecule has 0 aliphatic heterocycles. The van der Waals surface area contributed by atoms with E-state index in [9.17, 15) is 9.90 Å². The minimum absolute atomic E-state index is 0.474. The zero-order valence-electron chi connectivity index (χ0n) is 10.2. The van der Waals surface area contributed by atoms with Crippen LogP contribution in [0.25, 0.3) is 0 Å². The van der Waals surface area contributed by atoms with Crippen molar-refractivity contribution in [3.63, 3.8) is 0 Å². The van der Waals surface area contributed by atoms with Gasteiger partial charge < -0.3 is 5.11 Å². The molecule has 0 saturated heterocycles. The smallest absolute Gasteiger partial charge is 0.150 e. The lowest BCUT2D eigenvalue weighted by molar-refractivity contribution is 0.112. The summed E-state index contributed by atoms with van der Waals surface area (Å²) in [4.78, 5) is 14.9. The fourth-order valence-corrected chi connectivity index (χ4v) is 1.83. The molecule has 2 aromatic rings. The number of nitrogens with zero attached hydrogens (tertiary/aromatic N) is 1.